The van der Waals surface area contributed by atoms with Crippen LogP contribution in [-0.4, -0.2) is 55.9 Å². The summed E-state index contributed by atoms with van der Waals surface area (Å²) in [6, 6.07) is 5.99. The summed E-state index contributed by atoms with van der Waals surface area (Å²) in [5.74, 6) is 3.39. The molecule has 1 atom stereocenters. The van der Waals surface area contributed by atoms with Crippen LogP contribution in [0, 0.1) is 5.92 Å². The number of ether oxygens (including phenoxy) is 1. The van der Waals surface area contributed by atoms with Gasteiger partial charge in [0.2, 0.25) is 0 Å². The molecule has 9 heteroatoms. The van der Waals surface area contributed by atoms with Gasteiger partial charge in [-0.3, -0.25) is 4.90 Å². The second kappa shape index (κ2) is 9.40. The molecule has 1 aliphatic heterocycles. The van der Waals surface area contributed by atoms with Crippen molar-refractivity contribution in [2.45, 2.75) is 39.3 Å². The van der Waals surface area contributed by atoms with E-state index >= 15 is 0 Å². The van der Waals surface area contributed by atoms with Crippen molar-refractivity contribution in [3.8, 4) is 5.82 Å². The van der Waals surface area contributed by atoms with Crippen molar-refractivity contribution < 1.29 is 4.74 Å². The molecule has 1 aliphatic carbocycles. The van der Waals surface area contributed by atoms with Crippen LogP contribution in [-0.2, 0) is 30.7 Å². The minimum absolute atomic E-state index is 0.663. The Balaban J connectivity index is 1.29. The lowest BCUT2D eigenvalue weighted by Crippen LogP contribution is -2.36. The van der Waals surface area contributed by atoms with Crippen molar-refractivity contribution in [2.75, 3.05) is 31.6 Å². The maximum absolute atomic E-state index is 5.51. The van der Waals surface area contributed by atoms with Gasteiger partial charge in [0.15, 0.2) is 5.82 Å². The number of hydrogen-bond donors (Lipinski definition) is 1. The average Bonchev–Trinajstić information content (AvgIpc) is 3.51. The number of thiophene rings is 1. The van der Waals surface area contributed by atoms with E-state index in [2.05, 4.69) is 33.3 Å². The first kappa shape index (κ1) is 21.6. The first-order chi connectivity index (χ1) is 16.7. The van der Waals surface area contributed by atoms with Gasteiger partial charge in [0.25, 0.3) is 0 Å². The van der Waals surface area contributed by atoms with Gasteiger partial charge in [-0.05, 0) is 48.4 Å². The van der Waals surface area contributed by atoms with Crippen LogP contribution >= 0.6 is 11.3 Å². The second-order valence-corrected chi connectivity index (χ2v) is 10.3. The SMILES string of the molecule is C[C@@H]1CCc2c(sc3nc(CN4CCOCC4)nc(NCc4ccc(-n5cccn5)nc4)c23)C1. The van der Waals surface area contributed by atoms with Gasteiger partial charge in [-0.15, -0.1) is 11.3 Å². The Morgan fingerprint density at radius 3 is 2.91 bits per heavy atom. The zero-order valence-corrected chi connectivity index (χ0v) is 20.2. The quantitative estimate of drug-likeness (QED) is 0.454. The largest absolute Gasteiger partial charge is 0.379 e. The summed E-state index contributed by atoms with van der Waals surface area (Å²) in [7, 11) is 0. The van der Waals surface area contributed by atoms with E-state index in [-0.39, 0.29) is 0 Å². The molecule has 2 aliphatic rings. The Hall–Kier alpha value is -2.88. The van der Waals surface area contributed by atoms with Gasteiger partial charge < -0.3 is 10.1 Å². The van der Waals surface area contributed by atoms with Crippen molar-refractivity contribution in [2.24, 2.45) is 5.92 Å². The molecule has 176 valence electrons. The van der Waals surface area contributed by atoms with Gasteiger partial charge in [-0.1, -0.05) is 13.0 Å². The lowest BCUT2D eigenvalue weighted by molar-refractivity contribution is 0.0331. The van der Waals surface area contributed by atoms with E-state index in [0.717, 1.165) is 79.5 Å². The van der Waals surface area contributed by atoms with Crippen LogP contribution in [0.15, 0.2) is 36.8 Å². The van der Waals surface area contributed by atoms with Gasteiger partial charge in [-0.2, -0.15) is 5.10 Å². The topological polar surface area (TPSA) is 81.0 Å². The smallest absolute Gasteiger partial charge is 0.153 e. The minimum atomic E-state index is 0.663. The number of rotatable bonds is 6. The molecule has 0 amide bonds. The number of fused-ring (bicyclic) bond motifs is 3. The minimum Gasteiger partial charge on any atom is -0.379 e. The van der Waals surface area contributed by atoms with Gasteiger partial charge in [0, 0.05) is 43.1 Å². The standard InChI is InChI=1S/C25H29N7OS/c1-17-3-5-19-20(13-17)34-25-23(19)24(29-21(30-25)16-31-9-11-33-12-10-31)27-15-18-4-6-22(26-14-18)32-8-2-7-28-32/h2,4,6-8,14,17H,3,5,9-13,15-16H2,1H3,(H,27,29,30)/t17-/m1/s1. The highest BCUT2D eigenvalue weighted by Gasteiger charge is 2.24. The van der Waals surface area contributed by atoms with Crippen molar-refractivity contribution in [1.82, 2.24) is 29.6 Å². The van der Waals surface area contributed by atoms with Crippen molar-refractivity contribution in [1.29, 1.82) is 0 Å². The number of nitrogens with one attached hydrogen (secondary N) is 1. The lowest BCUT2D eigenvalue weighted by atomic mass is 9.89. The number of nitrogens with zero attached hydrogens (tertiary/aromatic N) is 6. The molecule has 1 N–H and O–H groups in total. The van der Waals surface area contributed by atoms with E-state index < -0.39 is 0 Å². The summed E-state index contributed by atoms with van der Waals surface area (Å²) in [5.41, 5.74) is 2.56. The third-order valence-electron chi connectivity index (χ3n) is 6.68. The molecule has 1 fully saturated rings. The van der Waals surface area contributed by atoms with Crippen molar-refractivity contribution in [3.05, 3.63) is 58.6 Å². The Morgan fingerprint density at radius 1 is 1.21 bits per heavy atom. The number of pyridine rings is 1. The Morgan fingerprint density at radius 2 is 2.12 bits per heavy atom. The highest BCUT2D eigenvalue weighted by atomic mass is 32.1. The third kappa shape index (κ3) is 4.43. The fourth-order valence-corrected chi connectivity index (χ4v) is 6.19. The molecule has 5 heterocycles. The van der Waals surface area contributed by atoms with Crippen molar-refractivity contribution >= 4 is 27.4 Å². The third-order valence-corrected chi connectivity index (χ3v) is 7.83. The van der Waals surface area contributed by atoms with E-state index in [1.165, 1.54) is 22.2 Å². The predicted molar refractivity (Wildman–Crippen MR) is 133 cm³/mol. The highest BCUT2D eigenvalue weighted by Crippen LogP contribution is 2.40. The maximum Gasteiger partial charge on any atom is 0.153 e. The highest BCUT2D eigenvalue weighted by molar-refractivity contribution is 7.19. The van der Waals surface area contributed by atoms with Crippen LogP contribution in [0.25, 0.3) is 16.0 Å². The lowest BCUT2D eigenvalue weighted by Gasteiger charge is -2.26. The number of morpholine rings is 1. The Kier molecular flexibility index (Phi) is 5.98. The Labute approximate surface area is 203 Å². The molecule has 0 saturated carbocycles. The summed E-state index contributed by atoms with van der Waals surface area (Å²) in [6.45, 7) is 7.18. The summed E-state index contributed by atoms with van der Waals surface area (Å²) in [6.07, 6.45) is 9.04. The average molecular weight is 476 g/mol. The first-order valence-electron chi connectivity index (χ1n) is 12.0. The molecule has 34 heavy (non-hydrogen) atoms. The number of aryl methyl sites for hydroxylation is 1. The molecular formula is C25H29N7OS. The van der Waals surface area contributed by atoms with Crippen LogP contribution in [0.5, 0.6) is 0 Å². The molecule has 4 aromatic heterocycles. The van der Waals surface area contributed by atoms with E-state index in [0.29, 0.717) is 6.54 Å². The van der Waals surface area contributed by atoms with Crippen LogP contribution in [0.1, 0.15) is 35.2 Å². The number of hydrogen-bond acceptors (Lipinski definition) is 8. The summed E-state index contributed by atoms with van der Waals surface area (Å²) >= 11 is 1.86. The molecule has 0 unspecified atom stereocenters. The fraction of sp³-hybridized carbons (Fsp3) is 0.440. The molecule has 0 radical (unpaired) electrons. The Bertz CT molecular complexity index is 1260. The first-order valence-corrected chi connectivity index (χ1v) is 12.8. The van der Waals surface area contributed by atoms with Crippen LogP contribution < -0.4 is 5.32 Å². The molecule has 4 aromatic rings. The summed E-state index contributed by atoms with van der Waals surface area (Å²) in [4.78, 5) is 19.6. The zero-order chi connectivity index (χ0) is 22.9. The normalized spacial score (nSPS) is 18.8. The van der Waals surface area contributed by atoms with Gasteiger partial charge in [0.05, 0.1) is 25.1 Å². The van der Waals surface area contributed by atoms with Crippen molar-refractivity contribution in [3.63, 3.8) is 0 Å². The summed E-state index contributed by atoms with van der Waals surface area (Å²) < 4.78 is 7.28. The van der Waals surface area contributed by atoms with Crippen LogP contribution in [0.3, 0.4) is 0 Å². The second-order valence-electron chi connectivity index (χ2n) is 9.24. The van der Waals surface area contributed by atoms with E-state index in [4.69, 9.17) is 14.7 Å². The molecular weight excluding hydrogens is 446 g/mol. The van der Waals surface area contributed by atoms with E-state index in [9.17, 15) is 0 Å². The zero-order valence-electron chi connectivity index (χ0n) is 19.4. The van der Waals surface area contributed by atoms with Crippen LogP contribution in [0.2, 0.25) is 0 Å². The fourth-order valence-electron chi connectivity index (χ4n) is 4.79. The van der Waals surface area contributed by atoms with E-state index in [1.54, 1.807) is 10.9 Å². The molecule has 1 saturated heterocycles. The number of anilines is 1. The summed E-state index contributed by atoms with van der Waals surface area (Å²) in [5, 5.41) is 9.11. The molecule has 6 rings (SSSR count). The van der Waals surface area contributed by atoms with Crippen LogP contribution in [0.4, 0.5) is 5.82 Å². The van der Waals surface area contributed by atoms with Gasteiger partial charge in [-0.25, -0.2) is 19.6 Å². The molecule has 8 nitrogen and oxygen atoms in total. The van der Waals surface area contributed by atoms with Gasteiger partial charge in [0.1, 0.15) is 16.5 Å². The number of aromatic nitrogens is 5. The predicted octanol–water partition coefficient (Wildman–Crippen LogP) is 3.84. The molecule has 0 bridgehead atoms. The monoisotopic (exact) mass is 475 g/mol. The molecule has 0 spiro atoms. The molecule has 0 aromatic carbocycles. The van der Waals surface area contributed by atoms with Gasteiger partial charge >= 0.3 is 0 Å². The maximum atomic E-state index is 5.51. The van der Waals surface area contributed by atoms with E-state index in [1.807, 2.05) is 35.9 Å².